The quantitative estimate of drug-likeness (QED) is 0.866. The van der Waals surface area contributed by atoms with Crippen molar-refractivity contribution in [3.63, 3.8) is 0 Å². The first-order chi connectivity index (χ1) is 8.58. The first kappa shape index (κ1) is 12.6. The van der Waals surface area contributed by atoms with E-state index in [1.54, 1.807) is 12.1 Å². The normalized spacial score (nSPS) is 11.7. The average molecular weight is 256 g/mol. The molecule has 0 aliphatic heterocycles. The van der Waals surface area contributed by atoms with E-state index >= 15 is 0 Å². The first-order valence-electron chi connectivity index (χ1n) is 5.47. The van der Waals surface area contributed by atoms with E-state index in [1.165, 1.54) is 0 Å². The molecule has 0 amide bonds. The number of alkyl halides is 2. The summed E-state index contributed by atoms with van der Waals surface area (Å²) in [4.78, 5) is 2.01. The topological polar surface area (TPSA) is 58.3 Å². The number of nitrogens with zero attached hydrogens (tertiary/aromatic N) is 5. The molecule has 6 nitrogen and oxygen atoms in total. The van der Waals surface area contributed by atoms with Gasteiger partial charge in [-0.05, 0) is 26.2 Å². The molecule has 0 saturated heterocycles. The van der Waals surface area contributed by atoms with E-state index in [-0.39, 0.29) is 0 Å². The van der Waals surface area contributed by atoms with Crippen molar-refractivity contribution in [2.75, 3.05) is 32.5 Å². The average Bonchev–Trinajstić information content (AvgIpc) is 2.71. The van der Waals surface area contributed by atoms with E-state index in [4.69, 9.17) is 0 Å². The van der Waals surface area contributed by atoms with Crippen LogP contribution >= 0.6 is 0 Å². The number of hydrogen-bond acceptors (Lipinski definition) is 5. The molecule has 18 heavy (non-hydrogen) atoms. The second-order valence-electron chi connectivity index (χ2n) is 4.08. The SMILES string of the molecule is CN(C)CCNc1ccc2nnc(C(F)F)n2n1. The van der Waals surface area contributed by atoms with Gasteiger partial charge < -0.3 is 10.2 Å². The zero-order chi connectivity index (χ0) is 13.1. The Labute approximate surface area is 103 Å². The van der Waals surface area contributed by atoms with Gasteiger partial charge >= 0.3 is 0 Å². The van der Waals surface area contributed by atoms with Gasteiger partial charge in [-0.25, -0.2) is 8.78 Å². The minimum Gasteiger partial charge on any atom is -0.367 e. The molecule has 2 aromatic rings. The van der Waals surface area contributed by atoms with Crippen LogP contribution < -0.4 is 5.32 Å². The van der Waals surface area contributed by atoms with Gasteiger partial charge in [0.1, 0.15) is 5.82 Å². The number of hydrogen-bond donors (Lipinski definition) is 1. The summed E-state index contributed by atoms with van der Waals surface area (Å²) in [6, 6.07) is 3.29. The molecule has 2 aromatic heterocycles. The van der Waals surface area contributed by atoms with Gasteiger partial charge in [-0.2, -0.15) is 4.52 Å². The van der Waals surface area contributed by atoms with E-state index in [0.717, 1.165) is 11.1 Å². The molecule has 0 spiro atoms. The van der Waals surface area contributed by atoms with Gasteiger partial charge in [-0.3, -0.25) is 0 Å². The van der Waals surface area contributed by atoms with Crippen molar-refractivity contribution < 1.29 is 8.78 Å². The van der Waals surface area contributed by atoms with Crippen LogP contribution in [0.3, 0.4) is 0 Å². The van der Waals surface area contributed by atoms with Crippen molar-refractivity contribution in [2.45, 2.75) is 6.43 Å². The van der Waals surface area contributed by atoms with Gasteiger partial charge in [-0.15, -0.1) is 15.3 Å². The maximum atomic E-state index is 12.6. The van der Waals surface area contributed by atoms with Gasteiger partial charge in [0, 0.05) is 13.1 Å². The van der Waals surface area contributed by atoms with Crippen molar-refractivity contribution in [1.82, 2.24) is 24.7 Å². The fourth-order valence-electron chi connectivity index (χ4n) is 1.44. The summed E-state index contributed by atoms with van der Waals surface area (Å²) in [5, 5.41) is 14.1. The van der Waals surface area contributed by atoms with Crippen LogP contribution in [0.4, 0.5) is 14.6 Å². The molecule has 0 aliphatic rings. The minimum absolute atomic E-state index is 0.309. The molecule has 0 unspecified atom stereocenters. The molecule has 8 heteroatoms. The Kier molecular flexibility index (Phi) is 3.66. The second-order valence-corrected chi connectivity index (χ2v) is 4.08. The lowest BCUT2D eigenvalue weighted by atomic mass is 10.5. The standard InChI is InChI=1S/C10H14F2N6/c1-17(2)6-5-13-7-3-4-8-14-15-10(9(11)12)18(8)16-7/h3-4,9H,5-6H2,1-2H3,(H,13,16). The van der Waals surface area contributed by atoms with E-state index in [0.29, 0.717) is 18.0 Å². The van der Waals surface area contributed by atoms with Gasteiger partial charge in [-0.1, -0.05) is 0 Å². The van der Waals surface area contributed by atoms with Gasteiger partial charge in [0.15, 0.2) is 5.65 Å². The minimum atomic E-state index is -2.69. The summed E-state index contributed by atoms with van der Waals surface area (Å²) >= 11 is 0. The highest BCUT2D eigenvalue weighted by Gasteiger charge is 2.16. The van der Waals surface area contributed by atoms with Crippen LogP contribution in [0.15, 0.2) is 12.1 Å². The number of halogens is 2. The summed E-state index contributed by atoms with van der Waals surface area (Å²) in [6.07, 6.45) is -2.69. The van der Waals surface area contributed by atoms with Crippen LogP contribution in [0.1, 0.15) is 12.2 Å². The fraction of sp³-hybridized carbons (Fsp3) is 0.500. The second kappa shape index (κ2) is 5.21. The van der Waals surface area contributed by atoms with E-state index < -0.39 is 12.2 Å². The number of fused-ring (bicyclic) bond motifs is 1. The van der Waals surface area contributed by atoms with Crippen LogP contribution in [0, 0.1) is 0 Å². The Hall–Kier alpha value is -1.83. The summed E-state index contributed by atoms with van der Waals surface area (Å²) in [6.45, 7) is 1.50. The number of rotatable bonds is 5. The Morgan fingerprint density at radius 3 is 2.78 bits per heavy atom. The third-order valence-electron chi connectivity index (χ3n) is 2.35. The predicted molar refractivity (Wildman–Crippen MR) is 62.8 cm³/mol. The summed E-state index contributed by atoms with van der Waals surface area (Å²) in [5.74, 6) is 0.0762. The lowest BCUT2D eigenvalue weighted by Gasteiger charge is -2.10. The Morgan fingerprint density at radius 1 is 1.33 bits per heavy atom. The van der Waals surface area contributed by atoms with Gasteiger partial charge in [0.2, 0.25) is 5.82 Å². The highest BCUT2D eigenvalue weighted by atomic mass is 19.3. The highest BCUT2D eigenvalue weighted by Crippen LogP contribution is 2.17. The molecule has 2 heterocycles. The zero-order valence-electron chi connectivity index (χ0n) is 10.1. The lowest BCUT2D eigenvalue weighted by molar-refractivity contribution is 0.137. The Bertz CT molecular complexity index is 524. The van der Waals surface area contributed by atoms with Crippen LogP contribution in [0.5, 0.6) is 0 Å². The monoisotopic (exact) mass is 256 g/mol. The Morgan fingerprint density at radius 2 is 2.11 bits per heavy atom. The third-order valence-corrected chi connectivity index (χ3v) is 2.35. The van der Waals surface area contributed by atoms with E-state index in [9.17, 15) is 8.78 Å². The van der Waals surface area contributed by atoms with Crippen molar-refractivity contribution in [1.29, 1.82) is 0 Å². The number of nitrogens with one attached hydrogen (secondary N) is 1. The molecule has 0 bridgehead atoms. The molecule has 0 aromatic carbocycles. The van der Waals surface area contributed by atoms with Crippen LogP contribution in [-0.2, 0) is 0 Å². The van der Waals surface area contributed by atoms with Crippen molar-refractivity contribution in [3.8, 4) is 0 Å². The highest BCUT2D eigenvalue weighted by molar-refractivity contribution is 5.43. The maximum Gasteiger partial charge on any atom is 0.299 e. The summed E-state index contributed by atoms with van der Waals surface area (Å²) in [5.41, 5.74) is 0.309. The van der Waals surface area contributed by atoms with Crippen molar-refractivity contribution >= 4 is 11.5 Å². The predicted octanol–water partition coefficient (Wildman–Crippen LogP) is 1.04. The molecular formula is C10H14F2N6. The number of anilines is 1. The van der Waals surface area contributed by atoms with Crippen LogP contribution in [0.2, 0.25) is 0 Å². The molecule has 0 fully saturated rings. The van der Waals surface area contributed by atoms with E-state index in [2.05, 4.69) is 20.6 Å². The van der Waals surface area contributed by atoms with Crippen LogP contribution in [0.25, 0.3) is 5.65 Å². The molecule has 1 N–H and O–H groups in total. The molecule has 0 aliphatic carbocycles. The molecule has 0 atom stereocenters. The molecule has 0 saturated carbocycles. The third kappa shape index (κ3) is 2.70. The Balaban J connectivity index is 2.17. The summed E-state index contributed by atoms with van der Waals surface area (Å²) in [7, 11) is 3.90. The largest absolute Gasteiger partial charge is 0.367 e. The van der Waals surface area contributed by atoms with Crippen LogP contribution in [-0.4, -0.2) is 51.9 Å². The molecule has 0 radical (unpaired) electrons. The van der Waals surface area contributed by atoms with Gasteiger partial charge in [0.05, 0.1) is 0 Å². The fourth-order valence-corrected chi connectivity index (χ4v) is 1.44. The first-order valence-corrected chi connectivity index (χ1v) is 5.47. The number of aromatic nitrogens is 4. The molecular weight excluding hydrogens is 242 g/mol. The lowest BCUT2D eigenvalue weighted by Crippen LogP contribution is -2.21. The van der Waals surface area contributed by atoms with Crippen molar-refractivity contribution in [3.05, 3.63) is 18.0 Å². The molecule has 2 rings (SSSR count). The van der Waals surface area contributed by atoms with Gasteiger partial charge in [0.25, 0.3) is 6.43 Å². The van der Waals surface area contributed by atoms with E-state index in [1.807, 2.05) is 19.0 Å². The number of likely N-dealkylation sites (N-methyl/N-ethyl adjacent to an activating group) is 1. The van der Waals surface area contributed by atoms with Crippen molar-refractivity contribution in [2.24, 2.45) is 0 Å². The maximum absolute atomic E-state index is 12.6. The molecule has 98 valence electrons. The zero-order valence-corrected chi connectivity index (χ0v) is 10.1. The smallest absolute Gasteiger partial charge is 0.299 e. The summed E-state index contributed by atoms with van der Waals surface area (Å²) < 4.78 is 26.3.